The Morgan fingerprint density at radius 3 is 2.53 bits per heavy atom. The van der Waals surface area contributed by atoms with E-state index >= 15 is 0 Å². The van der Waals surface area contributed by atoms with Crippen LogP contribution in [-0.2, 0) is 9.84 Å². The van der Waals surface area contributed by atoms with E-state index in [2.05, 4.69) is 5.32 Å². The van der Waals surface area contributed by atoms with Crippen molar-refractivity contribution in [1.29, 1.82) is 0 Å². The molecule has 0 bridgehead atoms. The summed E-state index contributed by atoms with van der Waals surface area (Å²) in [6.45, 7) is 0.326. The Hall–Kier alpha value is -0.910. The fraction of sp³-hybridized carbons (Fsp3) is 0.400. The molecule has 15 heavy (non-hydrogen) atoms. The highest BCUT2D eigenvalue weighted by atomic mass is 32.2. The van der Waals surface area contributed by atoms with Gasteiger partial charge in [-0.15, -0.1) is 0 Å². The minimum atomic E-state index is -3.28. The molecule has 0 aliphatic heterocycles. The summed E-state index contributed by atoms with van der Waals surface area (Å²) < 4.78 is 22.9. The molecule has 1 unspecified atom stereocenters. The summed E-state index contributed by atoms with van der Waals surface area (Å²) in [4.78, 5) is 0.188. The molecular formula is C10H15NO3S. The number of aliphatic hydroxyl groups excluding tert-OH is 1. The van der Waals surface area contributed by atoms with Crippen LogP contribution in [0.25, 0.3) is 0 Å². The Morgan fingerprint density at radius 1 is 1.40 bits per heavy atom. The number of benzene rings is 1. The van der Waals surface area contributed by atoms with Crippen LogP contribution in [0.4, 0.5) is 0 Å². The van der Waals surface area contributed by atoms with Gasteiger partial charge >= 0.3 is 0 Å². The molecule has 0 saturated heterocycles. The summed E-state index contributed by atoms with van der Waals surface area (Å²) in [5.41, 5.74) is 0.439. The predicted molar refractivity (Wildman–Crippen MR) is 58.4 cm³/mol. The summed E-state index contributed by atoms with van der Waals surface area (Å²) in [6.07, 6.45) is 0.332. The van der Waals surface area contributed by atoms with Crippen molar-refractivity contribution >= 4 is 9.84 Å². The number of aliphatic hydroxyl groups is 1. The first kappa shape index (κ1) is 12.2. The highest BCUT2D eigenvalue weighted by molar-refractivity contribution is 7.90. The smallest absolute Gasteiger partial charge is 0.175 e. The fourth-order valence-corrected chi connectivity index (χ4v) is 2.35. The van der Waals surface area contributed by atoms with Crippen LogP contribution in [0, 0.1) is 0 Å². The van der Waals surface area contributed by atoms with E-state index in [1.807, 2.05) is 0 Å². The lowest BCUT2D eigenvalue weighted by atomic mass is 10.1. The van der Waals surface area contributed by atoms with Crippen LogP contribution in [0.5, 0.6) is 0 Å². The Labute approximate surface area is 89.9 Å². The molecule has 0 fully saturated rings. The molecule has 0 radical (unpaired) electrons. The van der Waals surface area contributed by atoms with Crippen LogP contribution in [0.15, 0.2) is 29.2 Å². The number of nitrogens with one attached hydrogen (secondary N) is 1. The molecule has 0 amide bonds. The van der Waals surface area contributed by atoms with Crippen molar-refractivity contribution in [1.82, 2.24) is 5.32 Å². The lowest BCUT2D eigenvalue weighted by molar-refractivity contribution is 0.174. The molecular weight excluding hydrogens is 214 g/mol. The van der Waals surface area contributed by atoms with E-state index in [4.69, 9.17) is 0 Å². The minimum absolute atomic E-state index is 0.188. The van der Waals surface area contributed by atoms with Gasteiger partial charge in [0.1, 0.15) is 0 Å². The largest absolute Gasteiger partial charge is 0.387 e. The lowest BCUT2D eigenvalue weighted by Crippen LogP contribution is -2.18. The Balaban J connectivity index is 3.18. The van der Waals surface area contributed by atoms with Gasteiger partial charge in [-0.05, 0) is 13.1 Å². The third kappa shape index (κ3) is 3.02. The van der Waals surface area contributed by atoms with Gasteiger partial charge < -0.3 is 10.4 Å². The molecule has 0 aromatic heterocycles. The van der Waals surface area contributed by atoms with Gasteiger partial charge in [0.15, 0.2) is 9.84 Å². The lowest BCUT2D eigenvalue weighted by Gasteiger charge is -2.13. The molecule has 4 nitrogen and oxygen atoms in total. The van der Waals surface area contributed by atoms with Crippen LogP contribution in [0.3, 0.4) is 0 Å². The van der Waals surface area contributed by atoms with Gasteiger partial charge in [0, 0.05) is 18.4 Å². The fourth-order valence-electron chi connectivity index (χ4n) is 1.40. The van der Waals surface area contributed by atoms with Crippen molar-refractivity contribution in [2.24, 2.45) is 0 Å². The topological polar surface area (TPSA) is 66.4 Å². The summed E-state index contributed by atoms with van der Waals surface area (Å²) in [5, 5.41) is 12.5. The average molecular weight is 229 g/mol. The summed E-state index contributed by atoms with van der Waals surface area (Å²) in [6, 6.07) is 6.48. The zero-order chi connectivity index (χ0) is 11.5. The molecule has 0 aliphatic carbocycles. The second-order valence-corrected chi connectivity index (χ2v) is 5.37. The van der Waals surface area contributed by atoms with Crippen LogP contribution in [0.1, 0.15) is 11.7 Å². The first-order valence-corrected chi connectivity index (χ1v) is 6.47. The Bertz CT molecular complexity index is 428. The minimum Gasteiger partial charge on any atom is -0.387 e. The molecule has 2 N–H and O–H groups in total. The molecule has 0 aliphatic rings. The second kappa shape index (κ2) is 4.74. The highest BCUT2D eigenvalue weighted by Gasteiger charge is 2.17. The van der Waals surface area contributed by atoms with Crippen LogP contribution < -0.4 is 5.32 Å². The van der Waals surface area contributed by atoms with Gasteiger partial charge in [0.05, 0.1) is 11.0 Å². The molecule has 0 heterocycles. The van der Waals surface area contributed by atoms with Crippen molar-refractivity contribution in [3.63, 3.8) is 0 Å². The number of rotatable bonds is 4. The molecule has 5 heteroatoms. The van der Waals surface area contributed by atoms with Gasteiger partial charge in [-0.1, -0.05) is 18.2 Å². The van der Waals surface area contributed by atoms with E-state index < -0.39 is 15.9 Å². The van der Waals surface area contributed by atoms with Crippen molar-refractivity contribution in [2.45, 2.75) is 11.0 Å². The SMILES string of the molecule is CNCC(O)c1ccccc1S(C)(=O)=O. The first-order chi connectivity index (χ1) is 6.96. The van der Waals surface area contributed by atoms with Crippen molar-refractivity contribution in [3.8, 4) is 0 Å². The molecule has 0 spiro atoms. The van der Waals surface area contributed by atoms with Crippen molar-refractivity contribution in [2.75, 3.05) is 19.8 Å². The number of hydrogen-bond donors (Lipinski definition) is 2. The molecule has 1 atom stereocenters. The van der Waals surface area contributed by atoms with Crippen LogP contribution in [0.2, 0.25) is 0 Å². The maximum absolute atomic E-state index is 11.4. The number of likely N-dealkylation sites (N-methyl/N-ethyl adjacent to an activating group) is 1. The Kier molecular flexibility index (Phi) is 3.84. The number of sulfone groups is 1. The predicted octanol–water partition coefficient (Wildman–Crippen LogP) is 0.343. The standard InChI is InChI=1S/C10H15NO3S/c1-11-7-9(12)8-5-3-4-6-10(8)15(2,13)14/h3-6,9,11-12H,7H2,1-2H3. The molecule has 0 saturated carbocycles. The zero-order valence-electron chi connectivity index (χ0n) is 8.77. The Morgan fingerprint density at radius 2 is 2.00 bits per heavy atom. The molecule has 1 rings (SSSR count). The molecule has 1 aromatic rings. The number of hydrogen-bond acceptors (Lipinski definition) is 4. The second-order valence-electron chi connectivity index (χ2n) is 3.38. The average Bonchev–Trinajstić information content (AvgIpc) is 2.17. The van der Waals surface area contributed by atoms with E-state index in [1.165, 1.54) is 6.07 Å². The van der Waals surface area contributed by atoms with Gasteiger partial charge in [-0.3, -0.25) is 0 Å². The van der Waals surface area contributed by atoms with E-state index in [0.717, 1.165) is 6.26 Å². The van der Waals surface area contributed by atoms with E-state index in [1.54, 1.807) is 25.2 Å². The van der Waals surface area contributed by atoms with E-state index in [0.29, 0.717) is 12.1 Å². The summed E-state index contributed by atoms with van der Waals surface area (Å²) in [7, 11) is -1.58. The monoisotopic (exact) mass is 229 g/mol. The zero-order valence-corrected chi connectivity index (χ0v) is 9.58. The summed E-state index contributed by atoms with van der Waals surface area (Å²) >= 11 is 0. The molecule has 84 valence electrons. The van der Waals surface area contributed by atoms with Crippen molar-refractivity contribution in [3.05, 3.63) is 29.8 Å². The van der Waals surface area contributed by atoms with Gasteiger partial charge in [0.2, 0.25) is 0 Å². The first-order valence-electron chi connectivity index (χ1n) is 4.58. The van der Waals surface area contributed by atoms with Crippen molar-refractivity contribution < 1.29 is 13.5 Å². The van der Waals surface area contributed by atoms with E-state index in [9.17, 15) is 13.5 Å². The van der Waals surface area contributed by atoms with E-state index in [-0.39, 0.29) is 4.90 Å². The normalized spacial score (nSPS) is 13.8. The molecule has 1 aromatic carbocycles. The quantitative estimate of drug-likeness (QED) is 0.781. The summed E-state index contributed by atoms with van der Waals surface area (Å²) in [5.74, 6) is 0. The third-order valence-electron chi connectivity index (χ3n) is 2.07. The van der Waals surface area contributed by atoms with Gasteiger partial charge in [0.25, 0.3) is 0 Å². The van der Waals surface area contributed by atoms with Crippen LogP contribution in [-0.4, -0.2) is 33.4 Å². The maximum atomic E-state index is 11.4. The third-order valence-corrected chi connectivity index (χ3v) is 3.25. The van der Waals surface area contributed by atoms with Gasteiger partial charge in [-0.25, -0.2) is 8.42 Å². The highest BCUT2D eigenvalue weighted by Crippen LogP contribution is 2.21. The van der Waals surface area contributed by atoms with Gasteiger partial charge in [-0.2, -0.15) is 0 Å². The van der Waals surface area contributed by atoms with Crippen LogP contribution >= 0.6 is 0 Å². The maximum Gasteiger partial charge on any atom is 0.175 e.